The normalized spacial score (nSPS) is 16.8. The standard InChI is InChI=1S/C17H18Cl2N6O/c1-17(26)2-4-25(5-3-17)14-7-12-10(6-11(14)18)8-20-16(22-12)23-13-9-21-24-15(13)19/h6-9,26H,2-5H2,1H3,(H,21,24)(H,20,22,23). The van der Waals surface area contributed by atoms with Gasteiger partial charge in [0, 0.05) is 24.7 Å². The fourth-order valence-corrected chi connectivity index (χ4v) is 3.49. The number of nitrogens with zero attached hydrogens (tertiary/aromatic N) is 4. The lowest BCUT2D eigenvalue weighted by molar-refractivity contribution is 0.0351. The smallest absolute Gasteiger partial charge is 0.227 e. The van der Waals surface area contributed by atoms with Crippen molar-refractivity contribution in [2.24, 2.45) is 0 Å². The van der Waals surface area contributed by atoms with Gasteiger partial charge in [0.2, 0.25) is 5.95 Å². The summed E-state index contributed by atoms with van der Waals surface area (Å²) in [7, 11) is 0. The van der Waals surface area contributed by atoms with Gasteiger partial charge in [0.05, 0.1) is 33.7 Å². The van der Waals surface area contributed by atoms with Gasteiger partial charge in [-0.25, -0.2) is 9.97 Å². The van der Waals surface area contributed by atoms with E-state index in [1.54, 1.807) is 12.4 Å². The molecule has 3 N–H and O–H groups in total. The molecule has 1 saturated heterocycles. The summed E-state index contributed by atoms with van der Waals surface area (Å²) in [5.41, 5.74) is 1.70. The minimum Gasteiger partial charge on any atom is -0.390 e. The number of aliphatic hydroxyl groups is 1. The van der Waals surface area contributed by atoms with Crippen molar-refractivity contribution in [2.75, 3.05) is 23.3 Å². The van der Waals surface area contributed by atoms with Crippen LogP contribution in [0.1, 0.15) is 19.8 Å². The van der Waals surface area contributed by atoms with Crippen LogP contribution in [0.3, 0.4) is 0 Å². The molecule has 0 unspecified atom stereocenters. The Morgan fingerprint density at radius 2 is 2.00 bits per heavy atom. The highest BCUT2D eigenvalue weighted by molar-refractivity contribution is 6.34. The number of halogens is 2. The summed E-state index contributed by atoms with van der Waals surface area (Å²) in [5, 5.41) is 21.6. The SMILES string of the molecule is CC1(O)CCN(c2cc3nc(Nc4cn[nH]c4Cl)ncc3cc2Cl)CC1. The van der Waals surface area contributed by atoms with Gasteiger partial charge in [-0.15, -0.1) is 0 Å². The molecular weight excluding hydrogens is 375 g/mol. The number of hydrogen-bond acceptors (Lipinski definition) is 6. The minimum atomic E-state index is -0.608. The van der Waals surface area contributed by atoms with Gasteiger partial charge in [-0.2, -0.15) is 5.10 Å². The van der Waals surface area contributed by atoms with E-state index in [2.05, 4.69) is 30.4 Å². The molecule has 0 saturated carbocycles. The van der Waals surface area contributed by atoms with Crippen LogP contribution in [0.2, 0.25) is 10.2 Å². The lowest BCUT2D eigenvalue weighted by atomic mass is 9.93. The molecule has 0 spiro atoms. The zero-order chi connectivity index (χ0) is 18.3. The molecule has 9 heteroatoms. The number of hydrogen-bond donors (Lipinski definition) is 3. The first-order valence-corrected chi connectivity index (χ1v) is 9.06. The molecular formula is C17H18Cl2N6O. The first-order valence-electron chi connectivity index (χ1n) is 8.31. The lowest BCUT2D eigenvalue weighted by Gasteiger charge is -2.37. The maximum atomic E-state index is 10.2. The number of rotatable bonds is 3. The van der Waals surface area contributed by atoms with E-state index in [0.717, 1.165) is 29.7 Å². The molecule has 4 rings (SSSR count). The van der Waals surface area contributed by atoms with Crippen molar-refractivity contribution in [1.82, 2.24) is 20.2 Å². The van der Waals surface area contributed by atoms with Crippen molar-refractivity contribution in [3.8, 4) is 0 Å². The van der Waals surface area contributed by atoms with Crippen molar-refractivity contribution < 1.29 is 5.11 Å². The van der Waals surface area contributed by atoms with E-state index in [1.807, 2.05) is 19.1 Å². The van der Waals surface area contributed by atoms with Crippen molar-refractivity contribution in [3.05, 3.63) is 34.7 Å². The summed E-state index contributed by atoms with van der Waals surface area (Å²) >= 11 is 12.5. The molecule has 136 valence electrons. The number of piperidine rings is 1. The van der Waals surface area contributed by atoms with Crippen LogP contribution in [-0.2, 0) is 0 Å². The predicted octanol–water partition coefficient (Wildman–Crippen LogP) is 3.75. The quantitative estimate of drug-likeness (QED) is 0.628. The van der Waals surface area contributed by atoms with Gasteiger partial charge in [0.1, 0.15) is 5.15 Å². The number of aromatic nitrogens is 4. The van der Waals surface area contributed by atoms with Crippen LogP contribution in [0.4, 0.5) is 17.3 Å². The molecule has 1 fully saturated rings. The summed E-state index contributed by atoms with van der Waals surface area (Å²) in [5.74, 6) is 0.427. The summed E-state index contributed by atoms with van der Waals surface area (Å²) in [6, 6.07) is 3.83. The van der Waals surface area contributed by atoms with Gasteiger partial charge >= 0.3 is 0 Å². The second-order valence-electron chi connectivity index (χ2n) is 6.76. The zero-order valence-corrected chi connectivity index (χ0v) is 15.6. The van der Waals surface area contributed by atoms with Gasteiger partial charge < -0.3 is 15.3 Å². The van der Waals surface area contributed by atoms with Crippen LogP contribution in [0.15, 0.2) is 24.5 Å². The maximum Gasteiger partial charge on any atom is 0.227 e. The van der Waals surface area contributed by atoms with E-state index in [4.69, 9.17) is 23.2 Å². The minimum absolute atomic E-state index is 0.394. The van der Waals surface area contributed by atoms with Crippen LogP contribution >= 0.6 is 23.2 Å². The molecule has 0 radical (unpaired) electrons. The Morgan fingerprint density at radius 1 is 1.23 bits per heavy atom. The number of anilines is 3. The largest absolute Gasteiger partial charge is 0.390 e. The molecule has 1 aliphatic rings. The molecule has 1 aromatic carbocycles. The highest BCUT2D eigenvalue weighted by Gasteiger charge is 2.28. The molecule has 1 aliphatic heterocycles. The maximum absolute atomic E-state index is 10.2. The Balaban J connectivity index is 1.65. The number of nitrogens with one attached hydrogen (secondary N) is 2. The van der Waals surface area contributed by atoms with Crippen molar-refractivity contribution >= 4 is 51.4 Å². The summed E-state index contributed by atoms with van der Waals surface area (Å²) in [6.45, 7) is 3.37. The number of fused-ring (bicyclic) bond motifs is 1. The average molecular weight is 393 g/mol. The van der Waals surface area contributed by atoms with Crippen LogP contribution in [0.25, 0.3) is 10.9 Å². The number of H-pyrrole nitrogens is 1. The second-order valence-corrected chi connectivity index (χ2v) is 7.55. The van der Waals surface area contributed by atoms with Gasteiger partial charge in [-0.1, -0.05) is 23.2 Å². The fraction of sp³-hybridized carbons (Fsp3) is 0.353. The van der Waals surface area contributed by atoms with Gasteiger partial charge in [0.15, 0.2) is 0 Å². The summed E-state index contributed by atoms with van der Waals surface area (Å²) in [6.07, 6.45) is 4.70. The molecule has 0 atom stereocenters. The first-order chi connectivity index (χ1) is 12.4. The van der Waals surface area contributed by atoms with Crippen LogP contribution < -0.4 is 10.2 Å². The monoisotopic (exact) mass is 392 g/mol. The second kappa shape index (κ2) is 6.57. The molecule has 0 amide bonds. The summed E-state index contributed by atoms with van der Waals surface area (Å²) in [4.78, 5) is 11.0. The molecule has 0 bridgehead atoms. The van der Waals surface area contributed by atoms with E-state index in [9.17, 15) is 5.11 Å². The average Bonchev–Trinajstić information content (AvgIpc) is 3.00. The molecule has 26 heavy (non-hydrogen) atoms. The lowest BCUT2D eigenvalue weighted by Crippen LogP contribution is -2.42. The van der Waals surface area contributed by atoms with Gasteiger partial charge in [-0.3, -0.25) is 5.10 Å². The zero-order valence-electron chi connectivity index (χ0n) is 14.1. The summed E-state index contributed by atoms with van der Waals surface area (Å²) < 4.78 is 0. The van der Waals surface area contributed by atoms with Crippen molar-refractivity contribution in [3.63, 3.8) is 0 Å². The Kier molecular flexibility index (Phi) is 4.38. The Bertz CT molecular complexity index is 948. The van der Waals surface area contributed by atoms with E-state index in [-0.39, 0.29) is 0 Å². The van der Waals surface area contributed by atoms with Gasteiger partial charge in [-0.05, 0) is 31.9 Å². The Hall–Kier alpha value is -2.09. The molecule has 7 nitrogen and oxygen atoms in total. The van der Waals surface area contributed by atoms with Crippen LogP contribution in [0, 0.1) is 0 Å². The number of aromatic amines is 1. The fourth-order valence-electron chi connectivity index (χ4n) is 3.05. The third kappa shape index (κ3) is 3.42. The van der Waals surface area contributed by atoms with Crippen molar-refractivity contribution in [1.29, 1.82) is 0 Å². The number of benzene rings is 1. The highest BCUT2D eigenvalue weighted by Crippen LogP contribution is 2.34. The van der Waals surface area contributed by atoms with Crippen LogP contribution in [-0.4, -0.2) is 44.0 Å². The predicted molar refractivity (Wildman–Crippen MR) is 103 cm³/mol. The van der Waals surface area contributed by atoms with Gasteiger partial charge in [0.25, 0.3) is 0 Å². The van der Waals surface area contributed by atoms with E-state index < -0.39 is 5.60 Å². The third-order valence-corrected chi connectivity index (χ3v) is 5.26. The highest BCUT2D eigenvalue weighted by atomic mass is 35.5. The molecule has 2 aromatic heterocycles. The van der Waals surface area contributed by atoms with E-state index >= 15 is 0 Å². The van der Waals surface area contributed by atoms with E-state index in [0.29, 0.717) is 34.7 Å². The van der Waals surface area contributed by atoms with Crippen molar-refractivity contribution in [2.45, 2.75) is 25.4 Å². The van der Waals surface area contributed by atoms with E-state index in [1.165, 1.54) is 0 Å². The molecule has 3 heterocycles. The topological polar surface area (TPSA) is 90.0 Å². The van der Waals surface area contributed by atoms with Crippen LogP contribution in [0.5, 0.6) is 0 Å². The first kappa shape index (κ1) is 17.3. The third-order valence-electron chi connectivity index (χ3n) is 4.67. The Morgan fingerprint density at radius 3 is 2.69 bits per heavy atom. The molecule has 3 aromatic rings. The molecule has 0 aliphatic carbocycles. The Labute approximate surface area is 160 Å².